The van der Waals surface area contributed by atoms with Gasteiger partial charge in [0.15, 0.2) is 0 Å². The number of likely N-dealkylation sites (N-methyl/N-ethyl adjacent to an activating group) is 1. The molecule has 3 fully saturated rings. The van der Waals surface area contributed by atoms with Crippen LogP contribution in [0, 0.1) is 11.7 Å². The summed E-state index contributed by atoms with van der Waals surface area (Å²) in [6.45, 7) is 3.84. The number of halogens is 1. The maximum absolute atomic E-state index is 13.6. The van der Waals surface area contributed by atoms with Gasteiger partial charge in [-0.15, -0.1) is 0 Å². The zero-order valence-electron chi connectivity index (χ0n) is 18.9. The van der Waals surface area contributed by atoms with Gasteiger partial charge in [-0.3, -0.25) is 19.9 Å². The maximum atomic E-state index is 13.6. The Labute approximate surface area is 192 Å². The number of nitrogens with zero attached hydrogens (tertiary/aromatic N) is 4. The van der Waals surface area contributed by atoms with E-state index in [1.165, 1.54) is 17.0 Å². The molecule has 0 saturated carbocycles. The van der Waals surface area contributed by atoms with Crippen LogP contribution >= 0.6 is 0 Å². The predicted molar refractivity (Wildman–Crippen MR) is 121 cm³/mol. The van der Waals surface area contributed by atoms with E-state index in [4.69, 9.17) is 4.74 Å². The summed E-state index contributed by atoms with van der Waals surface area (Å²) in [6.07, 6.45) is -0.639. The highest BCUT2D eigenvalue weighted by atomic mass is 19.1. The third-order valence-corrected chi connectivity index (χ3v) is 6.74. The molecule has 0 aromatic heterocycles. The number of hydrogen-bond donors (Lipinski definition) is 1. The molecule has 2 aromatic rings. The smallest absolute Gasteiger partial charge is 0.328 e. The Kier molecular flexibility index (Phi) is 5.46. The molecular formula is C24H28FN5O3. The SMILES string of the molecule is COc1ccc(N2CC(C)CN3C4C(=O)N(Cc5ccc(F)cc5)C(=O)N(C)C4NC23)cc1. The zero-order chi connectivity index (χ0) is 23.3. The van der Waals surface area contributed by atoms with Gasteiger partial charge in [-0.1, -0.05) is 19.1 Å². The summed E-state index contributed by atoms with van der Waals surface area (Å²) >= 11 is 0. The molecular weight excluding hydrogens is 425 g/mol. The third kappa shape index (κ3) is 3.71. The van der Waals surface area contributed by atoms with Crippen LogP contribution in [0.3, 0.4) is 0 Å². The number of amides is 3. The molecule has 0 spiro atoms. The van der Waals surface area contributed by atoms with Gasteiger partial charge in [-0.05, 0) is 47.9 Å². The van der Waals surface area contributed by atoms with Crippen molar-refractivity contribution in [1.82, 2.24) is 20.0 Å². The minimum Gasteiger partial charge on any atom is -0.497 e. The van der Waals surface area contributed by atoms with Gasteiger partial charge in [0.05, 0.1) is 13.7 Å². The van der Waals surface area contributed by atoms with E-state index in [0.717, 1.165) is 24.5 Å². The molecule has 4 unspecified atom stereocenters. The van der Waals surface area contributed by atoms with Crippen LogP contribution in [-0.2, 0) is 11.3 Å². The van der Waals surface area contributed by atoms with E-state index >= 15 is 0 Å². The predicted octanol–water partition coefficient (Wildman–Crippen LogP) is 2.27. The Bertz CT molecular complexity index is 1050. The largest absolute Gasteiger partial charge is 0.497 e. The second-order valence-corrected chi connectivity index (χ2v) is 9.03. The molecule has 1 N–H and O–H groups in total. The lowest BCUT2D eigenvalue weighted by molar-refractivity contribution is -0.139. The van der Waals surface area contributed by atoms with E-state index in [0.29, 0.717) is 11.5 Å². The Balaban J connectivity index is 1.43. The van der Waals surface area contributed by atoms with Gasteiger partial charge in [0.1, 0.15) is 30.1 Å². The molecule has 2 aromatic carbocycles. The van der Waals surface area contributed by atoms with Crippen LogP contribution in [-0.4, -0.2) is 72.4 Å². The van der Waals surface area contributed by atoms with Crippen molar-refractivity contribution in [3.05, 3.63) is 59.9 Å². The van der Waals surface area contributed by atoms with Gasteiger partial charge in [0, 0.05) is 25.8 Å². The molecule has 0 radical (unpaired) electrons. The number of benzene rings is 2. The normalized spacial score (nSPS) is 27.6. The second kappa shape index (κ2) is 8.31. The van der Waals surface area contributed by atoms with Crippen LogP contribution in [0.4, 0.5) is 14.9 Å². The number of nitrogens with one attached hydrogen (secondary N) is 1. The van der Waals surface area contributed by atoms with E-state index in [1.807, 2.05) is 24.3 Å². The molecule has 3 amide bonds. The number of carbonyl (C=O) groups excluding carboxylic acids is 2. The number of carbonyl (C=O) groups is 2. The van der Waals surface area contributed by atoms with Crippen LogP contribution in [0.5, 0.6) is 5.75 Å². The van der Waals surface area contributed by atoms with E-state index in [1.54, 1.807) is 31.2 Å². The molecule has 3 heterocycles. The van der Waals surface area contributed by atoms with Crippen LogP contribution in [0.2, 0.25) is 0 Å². The zero-order valence-corrected chi connectivity index (χ0v) is 18.9. The van der Waals surface area contributed by atoms with E-state index < -0.39 is 12.2 Å². The number of rotatable bonds is 4. The maximum Gasteiger partial charge on any atom is 0.328 e. The fourth-order valence-corrected chi connectivity index (χ4v) is 5.11. The summed E-state index contributed by atoms with van der Waals surface area (Å²) in [5.41, 5.74) is 1.73. The van der Waals surface area contributed by atoms with Gasteiger partial charge >= 0.3 is 6.03 Å². The number of methoxy groups -OCH3 is 1. The lowest BCUT2D eigenvalue weighted by atomic mass is 10.0. The molecule has 9 heteroatoms. The number of hydrogen-bond acceptors (Lipinski definition) is 6. The number of ether oxygens (including phenoxy) is 1. The Morgan fingerprint density at radius 3 is 2.42 bits per heavy atom. The first-order valence-electron chi connectivity index (χ1n) is 11.1. The molecule has 0 bridgehead atoms. The van der Waals surface area contributed by atoms with Crippen LogP contribution in [0.15, 0.2) is 48.5 Å². The standard InChI is InChI=1S/C24H28FN5O3/c1-15-12-28(18-8-10-19(33-3)11-9-18)23-26-21-20(29(23)13-15)22(31)30(24(32)27(21)2)14-16-4-6-17(25)7-5-16/h4-11,15,20-21,23,26H,12-14H2,1-3H3. The van der Waals surface area contributed by atoms with Crippen LogP contribution in [0.25, 0.3) is 0 Å². The summed E-state index contributed by atoms with van der Waals surface area (Å²) < 4.78 is 18.6. The molecule has 33 heavy (non-hydrogen) atoms. The fourth-order valence-electron chi connectivity index (χ4n) is 5.11. The van der Waals surface area contributed by atoms with Crippen molar-refractivity contribution >= 4 is 17.6 Å². The quantitative estimate of drug-likeness (QED) is 0.766. The Hall–Kier alpha value is -3.17. The molecule has 4 atom stereocenters. The average Bonchev–Trinajstić information content (AvgIpc) is 3.21. The first kappa shape index (κ1) is 21.7. The van der Waals surface area contributed by atoms with Gasteiger partial charge in [0.25, 0.3) is 5.91 Å². The third-order valence-electron chi connectivity index (χ3n) is 6.74. The van der Waals surface area contributed by atoms with Crippen molar-refractivity contribution in [3.63, 3.8) is 0 Å². The highest BCUT2D eigenvalue weighted by Gasteiger charge is 2.56. The Morgan fingerprint density at radius 2 is 1.76 bits per heavy atom. The van der Waals surface area contributed by atoms with E-state index in [2.05, 4.69) is 22.0 Å². The molecule has 3 aliphatic rings. The van der Waals surface area contributed by atoms with E-state index in [-0.39, 0.29) is 30.6 Å². The first-order valence-corrected chi connectivity index (χ1v) is 11.1. The topological polar surface area (TPSA) is 68.4 Å². The molecule has 174 valence electrons. The van der Waals surface area contributed by atoms with Gasteiger partial charge < -0.3 is 14.5 Å². The van der Waals surface area contributed by atoms with Crippen LogP contribution < -0.4 is 15.0 Å². The summed E-state index contributed by atoms with van der Waals surface area (Å²) in [6, 6.07) is 12.9. The van der Waals surface area contributed by atoms with Gasteiger partial charge in [-0.25, -0.2) is 9.18 Å². The summed E-state index contributed by atoms with van der Waals surface area (Å²) in [5, 5.41) is 3.52. The minimum atomic E-state index is -0.498. The number of imide groups is 1. The molecule has 3 aliphatic heterocycles. The summed E-state index contributed by atoms with van der Waals surface area (Å²) in [5.74, 6) is 0.526. The van der Waals surface area contributed by atoms with Crippen molar-refractivity contribution in [2.24, 2.45) is 5.92 Å². The van der Waals surface area contributed by atoms with Crippen molar-refractivity contribution in [1.29, 1.82) is 0 Å². The molecule has 8 nitrogen and oxygen atoms in total. The van der Waals surface area contributed by atoms with Crippen molar-refractivity contribution in [2.75, 3.05) is 32.1 Å². The highest BCUT2D eigenvalue weighted by Crippen LogP contribution is 2.35. The lowest BCUT2D eigenvalue weighted by Gasteiger charge is -2.46. The lowest BCUT2D eigenvalue weighted by Crippen LogP contribution is -2.66. The number of urea groups is 1. The molecule has 5 rings (SSSR count). The summed E-state index contributed by atoms with van der Waals surface area (Å²) in [7, 11) is 3.36. The van der Waals surface area contributed by atoms with Gasteiger partial charge in [0.2, 0.25) is 0 Å². The minimum absolute atomic E-state index is 0.113. The second-order valence-electron chi connectivity index (χ2n) is 9.03. The van der Waals surface area contributed by atoms with Crippen molar-refractivity contribution in [2.45, 2.75) is 32.0 Å². The number of anilines is 1. The molecule has 3 saturated heterocycles. The highest BCUT2D eigenvalue weighted by molar-refractivity contribution is 6.00. The van der Waals surface area contributed by atoms with Gasteiger partial charge in [-0.2, -0.15) is 0 Å². The van der Waals surface area contributed by atoms with E-state index in [9.17, 15) is 14.0 Å². The Morgan fingerprint density at radius 1 is 1.06 bits per heavy atom. The van der Waals surface area contributed by atoms with Crippen LogP contribution in [0.1, 0.15) is 12.5 Å². The first-order chi connectivity index (χ1) is 15.9. The monoisotopic (exact) mass is 453 g/mol. The van der Waals surface area contributed by atoms with Crippen molar-refractivity contribution < 1.29 is 18.7 Å². The van der Waals surface area contributed by atoms with Crippen molar-refractivity contribution in [3.8, 4) is 5.75 Å². The molecule has 0 aliphatic carbocycles. The average molecular weight is 454 g/mol. The fraction of sp³-hybridized carbons (Fsp3) is 0.417. The summed E-state index contributed by atoms with van der Waals surface area (Å²) in [4.78, 5) is 34.0. The number of fused-ring (bicyclic) bond motifs is 3.